The summed E-state index contributed by atoms with van der Waals surface area (Å²) in [7, 11) is 4.36. The molecule has 0 aromatic heterocycles. The zero-order valence-corrected chi connectivity index (χ0v) is 21.2. The van der Waals surface area contributed by atoms with E-state index in [2.05, 4.69) is 0 Å². The molecule has 38 heavy (non-hydrogen) atoms. The Bertz CT molecular complexity index is 1430. The zero-order valence-electron chi connectivity index (χ0n) is 20.5. The van der Waals surface area contributed by atoms with Gasteiger partial charge >= 0.3 is 0 Å². The Morgan fingerprint density at radius 2 is 1.61 bits per heavy atom. The Morgan fingerprint density at radius 3 is 2.24 bits per heavy atom. The number of imide groups is 1. The van der Waals surface area contributed by atoms with Crippen molar-refractivity contribution < 1.29 is 33.6 Å². The van der Waals surface area contributed by atoms with Gasteiger partial charge in [0, 0.05) is 22.7 Å². The fourth-order valence-electron chi connectivity index (χ4n) is 4.90. The minimum absolute atomic E-state index is 0.179. The number of hydrogen-bond donors (Lipinski definition) is 0. The van der Waals surface area contributed by atoms with Gasteiger partial charge in [0.25, 0.3) is 11.6 Å². The summed E-state index contributed by atoms with van der Waals surface area (Å²) in [6, 6.07) is 14.5. The maximum atomic E-state index is 13.9. The average Bonchev–Trinajstić information content (AvgIpc) is 3.43. The van der Waals surface area contributed by atoms with Crippen molar-refractivity contribution in [2.75, 3.05) is 31.3 Å². The number of ether oxygens (including phenoxy) is 3. The molecule has 2 fully saturated rings. The number of nitro groups is 1. The summed E-state index contributed by atoms with van der Waals surface area (Å²) in [6.45, 7) is 0. The summed E-state index contributed by atoms with van der Waals surface area (Å²) >= 11 is 6.00. The van der Waals surface area contributed by atoms with Crippen LogP contribution in [0.15, 0.2) is 60.7 Å². The van der Waals surface area contributed by atoms with E-state index in [0.717, 1.165) is 4.90 Å². The average molecular weight is 540 g/mol. The number of non-ortho nitro benzene ring substituents is 1. The third-order valence-electron chi connectivity index (χ3n) is 6.55. The second-order valence-corrected chi connectivity index (χ2v) is 8.95. The van der Waals surface area contributed by atoms with Crippen molar-refractivity contribution in [3.63, 3.8) is 0 Å². The summed E-state index contributed by atoms with van der Waals surface area (Å²) in [4.78, 5) is 45.5. The molecule has 0 aliphatic carbocycles. The molecule has 0 saturated carbocycles. The van der Waals surface area contributed by atoms with Crippen LogP contribution in [0.25, 0.3) is 0 Å². The Hall–Kier alpha value is -4.35. The number of nitro benzene ring substituents is 1. The largest absolute Gasteiger partial charge is 0.493 e. The van der Waals surface area contributed by atoms with Crippen LogP contribution < -0.4 is 24.2 Å². The number of hydrogen-bond acceptors (Lipinski definition) is 9. The number of carbonyl (C=O) groups excluding carboxylic acids is 2. The van der Waals surface area contributed by atoms with Crippen molar-refractivity contribution in [3.05, 3.63) is 81.4 Å². The van der Waals surface area contributed by atoms with Gasteiger partial charge in [0.1, 0.15) is 12.0 Å². The fourth-order valence-corrected chi connectivity index (χ4v) is 5.03. The van der Waals surface area contributed by atoms with Crippen molar-refractivity contribution in [1.29, 1.82) is 0 Å². The van der Waals surface area contributed by atoms with E-state index >= 15 is 0 Å². The third-order valence-corrected chi connectivity index (χ3v) is 6.80. The van der Waals surface area contributed by atoms with E-state index in [9.17, 15) is 19.7 Å². The number of methoxy groups -OCH3 is 3. The first-order valence-corrected chi connectivity index (χ1v) is 11.8. The van der Waals surface area contributed by atoms with Gasteiger partial charge in [0.15, 0.2) is 17.6 Å². The smallest absolute Gasteiger partial charge is 0.271 e. The van der Waals surface area contributed by atoms with E-state index in [1.165, 1.54) is 44.6 Å². The number of nitrogens with zero attached hydrogens (tertiary/aromatic N) is 3. The topological polar surface area (TPSA) is 121 Å². The van der Waals surface area contributed by atoms with Crippen molar-refractivity contribution >= 4 is 40.5 Å². The van der Waals surface area contributed by atoms with Crippen LogP contribution in [0.2, 0.25) is 5.02 Å². The van der Waals surface area contributed by atoms with Gasteiger partial charge in [-0.3, -0.25) is 24.5 Å². The monoisotopic (exact) mass is 539 g/mol. The van der Waals surface area contributed by atoms with E-state index < -0.39 is 34.8 Å². The molecular formula is C26H22ClN3O8. The lowest BCUT2D eigenvalue weighted by Gasteiger charge is -2.30. The number of fused-ring (bicyclic) bond motifs is 1. The number of anilines is 2. The molecule has 2 saturated heterocycles. The first kappa shape index (κ1) is 25.3. The van der Waals surface area contributed by atoms with Gasteiger partial charge < -0.3 is 14.2 Å². The molecule has 5 rings (SSSR count). The van der Waals surface area contributed by atoms with Crippen LogP contribution in [0.4, 0.5) is 17.1 Å². The first-order valence-electron chi connectivity index (χ1n) is 11.4. The van der Waals surface area contributed by atoms with Crippen LogP contribution in [-0.4, -0.2) is 44.2 Å². The molecule has 3 aromatic rings. The Labute approximate surface area is 222 Å². The minimum Gasteiger partial charge on any atom is -0.493 e. The summed E-state index contributed by atoms with van der Waals surface area (Å²) in [5, 5.41) is 13.3. The van der Waals surface area contributed by atoms with E-state index in [1.54, 1.807) is 42.5 Å². The van der Waals surface area contributed by atoms with Crippen molar-refractivity contribution in [2.24, 2.45) is 5.92 Å². The Balaban J connectivity index is 1.67. The number of rotatable bonds is 7. The lowest BCUT2D eigenvalue weighted by Crippen LogP contribution is -2.37. The Kier molecular flexibility index (Phi) is 6.55. The highest BCUT2D eigenvalue weighted by Crippen LogP contribution is 2.52. The quantitative estimate of drug-likeness (QED) is 0.245. The number of carbonyl (C=O) groups is 2. The van der Waals surface area contributed by atoms with E-state index in [4.69, 9.17) is 30.6 Å². The van der Waals surface area contributed by atoms with Crippen LogP contribution >= 0.6 is 11.6 Å². The van der Waals surface area contributed by atoms with Crippen molar-refractivity contribution in [1.82, 2.24) is 0 Å². The lowest BCUT2D eigenvalue weighted by atomic mass is 9.89. The van der Waals surface area contributed by atoms with Gasteiger partial charge in [-0.1, -0.05) is 17.7 Å². The highest BCUT2D eigenvalue weighted by molar-refractivity contribution is 6.31. The van der Waals surface area contributed by atoms with Crippen molar-refractivity contribution in [3.8, 4) is 17.2 Å². The summed E-state index contributed by atoms with van der Waals surface area (Å²) < 4.78 is 16.6. The molecule has 3 aromatic carbocycles. The molecule has 2 amide bonds. The van der Waals surface area contributed by atoms with Gasteiger partial charge in [0.2, 0.25) is 11.7 Å². The Morgan fingerprint density at radius 1 is 0.895 bits per heavy atom. The molecule has 196 valence electrons. The molecule has 2 aliphatic heterocycles. The SMILES string of the molecule is COc1ccc([C@@H]2[C@H]3C(=O)N(c4ccc(Cl)cc4)C(=O)[C@@H]3ON2c2cccc([N+](=O)[O-])c2)c(OC)c1OC. The van der Waals surface area contributed by atoms with Gasteiger partial charge in [-0.15, -0.1) is 0 Å². The molecule has 0 N–H and O–H groups in total. The van der Waals surface area contributed by atoms with Crippen LogP contribution in [0.3, 0.4) is 0 Å². The predicted octanol–water partition coefficient (Wildman–Crippen LogP) is 4.33. The van der Waals surface area contributed by atoms with Crippen molar-refractivity contribution in [2.45, 2.75) is 12.1 Å². The highest BCUT2D eigenvalue weighted by atomic mass is 35.5. The molecule has 0 radical (unpaired) electrons. The maximum absolute atomic E-state index is 13.9. The van der Waals surface area contributed by atoms with E-state index in [-0.39, 0.29) is 22.9 Å². The number of hydroxylamine groups is 1. The van der Waals surface area contributed by atoms with Gasteiger partial charge in [-0.05, 0) is 42.5 Å². The molecule has 2 aliphatic rings. The van der Waals surface area contributed by atoms with Gasteiger partial charge in [0.05, 0.1) is 37.6 Å². The normalized spacial score (nSPS) is 20.5. The molecule has 0 spiro atoms. The molecule has 11 nitrogen and oxygen atoms in total. The molecule has 0 bridgehead atoms. The highest BCUT2D eigenvalue weighted by Gasteiger charge is 2.61. The summed E-state index contributed by atoms with van der Waals surface area (Å²) in [6.07, 6.45) is -1.19. The van der Waals surface area contributed by atoms with Crippen LogP contribution in [-0.2, 0) is 14.4 Å². The van der Waals surface area contributed by atoms with Crippen LogP contribution in [0, 0.1) is 16.0 Å². The molecule has 2 heterocycles. The molecular weight excluding hydrogens is 518 g/mol. The van der Waals surface area contributed by atoms with E-state index in [1.807, 2.05) is 0 Å². The maximum Gasteiger partial charge on any atom is 0.271 e. The second kappa shape index (κ2) is 9.84. The third kappa shape index (κ3) is 3.96. The van der Waals surface area contributed by atoms with E-state index in [0.29, 0.717) is 22.0 Å². The first-order chi connectivity index (χ1) is 18.3. The fraction of sp³-hybridized carbons (Fsp3) is 0.231. The molecule has 3 atom stereocenters. The number of halogens is 1. The zero-order chi connectivity index (χ0) is 27.1. The van der Waals surface area contributed by atoms with Gasteiger partial charge in [-0.2, -0.15) is 0 Å². The van der Waals surface area contributed by atoms with Crippen LogP contribution in [0.1, 0.15) is 11.6 Å². The number of benzene rings is 3. The van der Waals surface area contributed by atoms with Crippen LogP contribution in [0.5, 0.6) is 17.2 Å². The summed E-state index contributed by atoms with van der Waals surface area (Å²) in [5.41, 5.74) is 0.918. The van der Waals surface area contributed by atoms with Gasteiger partial charge in [-0.25, -0.2) is 9.96 Å². The molecule has 0 unspecified atom stereocenters. The molecule has 12 heteroatoms. The number of amides is 2. The second-order valence-electron chi connectivity index (χ2n) is 8.51. The predicted molar refractivity (Wildman–Crippen MR) is 137 cm³/mol. The standard InChI is InChI=1S/C26H22ClN3O8/c1-35-19-12-11-18(22(36-2)23(19)37-3)21-20-24(38-29(21)16-5-4-6-17(13-16)30(33)34)26(32)28(25(20)31)15-9-7-14(27)8-10-15/h4-13,20-21,24H,1-3H3/t20-,21-,24-/m1/s1. The minimum atomic E-state index is -1.19. The summed E-state index contributed by atoms with van der Waals surface area (Å²) in [5.74, 6) is -1.15. The lowest BCUT2D eigenvalue weighted by molar-refractivity contribution is -0.384.